The number of carbonyl (C=O) groups excluding carboxylic acids is 2. The number of nitrogens with zero attached hydrogens (tertiary/aromatic N) is 1. The van der Waals surface area contributed by atoms with E-state index in [-0.39, 0.29) is 6.04 Å². The van der Waals surface area contributed by atoms with Crippen LogP contribution >= 0.6 is 0 Å². The van der Waals surface area contributed by atoms with Crippen LogP contribution in [-0.4, -0.2) is 36.9 Å². The maximum atomic E-state index is 9.95. The minimum Gasteiger partial charge on any atom is -0.352 e. The normalized spacial score (nSPS) is 18.4. The summed E-state index contributed by atoms with van der Waals surface area (Å²) in [4.78, 5) is 21.3. The number of nitrogens with one attached hydrogen (secondary N) is 1. The lowest BCUT2D eigenvalue weighted by Crippen LogP contribution is -2.56. The molecule has 4 nitrogen and oxygen atoms in total. The molecule has 1 fully saturated rings. The second-order valence-corrected chi connectivity index (χ2v) is 2.04. The molecular formula is C5H8N2O2. The second kappa shape index (κ2) is 2.48. The van der Waals surface area contributed by atoms with Crippen LogP contribution in [0.15, 0.2) is 0 Å². The molecule has 4 heteroatoms. The molecule has 0 aliphatic carbocycles. The average Bonchev–Trinajstić information content (AvgIpc) is 1.77. The highest BCUT2D eigenvalue weighted by molar-refractivity contribution is 5.52. The highest BCUT2D eigenvalue weighted by Crippen LogP contribution is 2.01. The van der Waals surface area contributed by atoms with Gasteiger partial charge in [0.2, 0.25) is 12.8 Å². The van der Waals surface area contributed by atoms with Crippen LogP contribution in [0.4, 0.5) is 0 Å². The predicted octanol–water partition coefficient (Wildman–Crippen LogP) is -1.43. The Morgan fingerprint density at radius 2 is 2.11 bits per heavy atom. The van der Waals surface area contributed by atoms with Gasteiger partial charge in [-0.25, -0.2) is 0 Å². The van der Waals surface area contributed by atoms with Gasteiger partial charge in [0.15, 0.2) is 0 Å². The molecule has 1 aliphatic rings. The third-order valence-corrected chi connectivity index (χ3v) is 1.36. The van der Waals surface area contributed by atoms with Gasteiger partial charge in [-0.1, -0.05) is 0 Å². The quantitative estimate of drug-likeness (QED) is 0.474. The minimum atomic E-state index is 0.188. The van der Waals surface area contributed by atoms with Crippen molar-refractivity contribution in [3.05, 3.63) is 0 Å². The lowest BCUT2D eigenvalue weighted by Gasteiger charge is -2.35. The van der Waals surface area contributed by atoms with Gasteiger partial charge in [-0.2, -0.15) is 0 Å². The lowest BCUT2D eigenvalue weighted by atomic mass is 10.1. The first kappa shape index (κ1) is 6.07. The zero-order valence-electron chi connectivity index (χ0n) is 4.91. The fourth-order valence-corrected chi connectivity index (χ4v) is 0.800. The zero-order valence-corrected chi connectivity index (χ0v) is 4.91. The molecule has 50 valence electrons. The highest BCUT2D eigenvalue weighted by atomic mass is 16.1. The predicted molar refractivity (Wildman–Crippen MR) is 30.6 cm³/mol. The standard InChI is InChI=1S/C5H8N2O2/c8-3-6-5-1-7(2-5)4-9/h3-5H,1-2H2,(H,6,8). The fraction of sp³-hybridized carbons (Fsp3) is 0.600. The Labute approximate surface area is 52.8 Å². The van der Waals surface area contributed by atoms with Gasteiger partial charge in [0.05, 0.1) is 6.04 Å². The first-order chi connectivity index (χ1) is 4.36. The highest BCUT2D eigenvalue weighted by Gasteiger charge is 2.23. The second-order valence-electron chi connectivity index (χ2n) is 2.04. The van der Waals surface area contributed by atoms with E-state index in [1.807, 2.05) is 0 Å². The first-order valence-electron chi connectivity index (χ1n) is 2.76. The maximum absolute atomic E-state index is 9.95. The van der Waals surface area contributed by atoms with E-state index in [4.69, 9.17) is 0 Å². The molecule has 0 unspecified atom stereocenters. The molecule has 2 amide bonds. The van der Waals surface area contributed by atoms with Crippen LogP contribution in [0.3, 0.4) is 0 Å². The van der Waals surface area contributed by atoms with E-state index >= 15 is 0 Å². The molecule has 0 spiro atoms. The van der Waals surface area contributed by atoms with Crippen molar-refractivity contribution in [3.63, 3.8) is 0 Å². The number of rotatable bonds is 3. The summed E-state index contributed by atoms with van der Waals surface area (Å²) in [6.45, 7) is 1.31. The van der Waals surface area contributed by atoms with E-state index in [0.29, 0.717) is 19.5 Å². The van der Waals surface area contributed by atoms with E-state index < -0.39 is 0 Å². The monoisotopic (exact) mass is 128 g/mol. The minimum absolute atomic E-state index is 0.188. The summed E-state index contributed by atoms with van der Waals surface area (Å²) < 4.78 is 0. The van der Waals surface area contributed by atoms with Crippen LogP contribution in [0, 0.1) is 0 Å². The van der Waals surface area contributed by atoms with Crippen molar-refractivity contribution in [1.82, 2.24) is 10.2 Å². The number of hydrogen-bond acceptors (Lipinski definition) is 2. The van der Waals surface area contributed by atoms with Gasteiger partial charge in [-0.05, 0) is 0 Å². The lowest BCUT2D eigenvalue weighted by molar-refractivity contribution is -0.124. The van der Waals surface area contributed by atoms with Crippen LogP contribution in [-0.2, 0) is 9.59 Å². The topological polar surface area (TPSA) is 49.4 Å². The van der Waals surface area contributed by atoms with Crippen LogP contribution < -0.4 is 5.32 Å². The molecule has 1 saturated heterocycles. The summed E-state index contributed by atoms with van der Waals surface area (Å²) in [7, 11) is 0. The van der Waals surface area contributed by atoms with Crippen LogP contribution in [0.2, 0.25) is 0 Å². The number of amides is 2. The van der Waals surface area contributed by atoms with Crippen molar-refractivity contribution >= 4 is 12.8 Å². The molecule has 0 aromatic heterocycles. The summed E-state index contributed by atoms with van der Waals surface area (Å²) in [5.41, 5.74) is 0. The van der Waals surface area contributed by atoms with Gasteiger partial charge < -0.3 is 10.2 Å². The van der Waals surface area contributed by atoms with E-state index in [1.54, 1.807) is 4.90 Å². The van der Waals surface area contributed by atoms with Crippen molar-refractivity contribution in [2.75, 3.05) is 13.1 Å². The van der Waals surface area contributed by atoms with Crippen molar-refractivity contribution < 1.29 is 9.59 Å². The van der Waals surface area contributed by atoms with Crippen LogP contribution in [0.1, 0.15) is 0 Å². The summed E-state index contributed by atoms with van der Waals surface area (Å²) in [5.74, 6) is 0. The summed E-state index contributed by atoms with van der Waals surface area (Å²) >= 11 is 0. The molecule has 1 rings (SSSR count). The zero-order chi connectivity index (χ0) is 6.69. The fourth-order valence-electron chi connectivity index (χ4n) is 0.800. The molecular weight excluding hydrogens is 120 g/mol. The summed E-state index contributed by atoms with van der Waals surface area (Å²) in [6.07, 6.45) is 1.44. The molecule has 0 atom stereocenters. The smallest absolute Gasteiger partial charge is 0.209 e. The molecule has 0 radical (unpaired) electrons. The Kier molecular flexibility index (Phi) is 1.67. The average molecular weight is 128 g/mol. The van der Waals surface area contributed by atoms with Crippen LogP contribution in [0.5, 0.6) is 0 Å². The Bertz CT molecular complexity index is 120. The van der Waals surface area contributed by atoms with Crippen molar-refractivity contribution in [3.8, 4) is 0 Å². The number of hydrogen-bond donors (Lipinski definition) is 1. The van der Waals surface area contributed by atoms with Crippen molar-refractivity contribution in [2.45, 2.75) is 6.04 Å². The van der Waals surface area contributed by atoms with Gasteiger partial charge in [-0.3, -0.25) is 9.59 Å². The van der Waals surface area contributed by atoms with Gasteiger partial charge in [0.1, 0.15) is 0 Å². The molecule has 1 aliphatic heterocycles. The van der Waals surface area contributed by atoms with Gasteiger partial charge in [0.25, 0.3) is 0 Å². The van der Waals surface area contributed by atoms with Gasteiger partial charge in [0, 0.05) is 13.1 Å². The molecule has 0 aromatic carbocycles. The van der Waals surface area contributed by atoms with Gasteiger partial charge in [-0.15, -0.1) is 0 Å². The third kappa shape index (κ3) is 1.19. The van der Waals surface area contributed by atoms with Crippen molar-refractivity contribution in [1.29, 1.82) is 0 Å². The first-order valence-corrected chi connectivity index (χ1v) is 2.76. The van der Waals surface area contributed by atoms with E-state index in [9.17, 15) is 9.59 Å². The Hall–Kier alpha value is -1.06. The summed E-state index contributed by atoms with van der Waals surface area (Å²) in [5, 5.41) is 2.57. The van der Waals surface area contributed by atoms with E-state index in [0.717, 1.165) is 6.41 Å². The van der Waals surface area contributed by atoms with E-state index in [2.05, 4.69) is 5.32 Å². The maximum Gasteiger partial charge on any atom is 0.209 e. The Morgan fingerprint density at radius 1 is 1.44 bits per heavy atom. The Morgan fingerprint density at radius 3 is 2.56 bits per heavy atom. The molecule has 0 bridgehead atoms. The molecule has 0 aromatic rings. The van der Waals surface area contributed by atoms with Crippen molar-refractivity contribution in [2.24, 2.45) is 0 Å². The number of carbonyl (C=O) groups is 2. The van der Waals surface area contributed by atoms with Gasteiger partial charge >= 0.3 is 0 Å². The molecule has 1 heterocycles. The number of likely N-dealkylation sites (tertiary alicyclic amines) is 1. The summed E-state index contributed by atoms with van der Waals surface area (Å²) in [6, 6.07) is 0.188. The van der Waals surface area contributed by atoms with E-state index in [1.165, 1.54) is 0 Å². The molecule has 0 saturated carbocycles. The third-order valence-electron chi connectivity index (χ3n) is 1.36. The Balaban J connectivity index is 2.11. The SMILES string of the molecule is O=CNC1CN(C=O)C1. The van der Waals surface area contributed by atoms with Crippen LogP contribution in [0.25, 0.3) is 0 Å². The molecule has 9 heavy (non-hydrogen) atoms. The molecule has 1 N–H and O–H groups in total. The largest absolute Gasteiger partial charge is 0.352 e.